The van der Waals surface area contributed by atoms with E-state index in [-0.39, 0.29) is 0 Å². The molecule has 0 spiro atoms. The van der Waals surface area contributed by atoms with Crippen molar-refractivity contribution in [2.75, 3.05) is 13.7 Å². The van der Waals surface area contributed by atoms with E-state index < -0.39 is 0 Å². The van der Waals surface area contributed by atoms with E-state index in [0.717, 1.165) is 24.6 Å². The summed E-state index contributed by atoms with van der Waals surface area (Å²) in [7, 11) is 1.69. The molecular formula is C15H24N2O. The summed E-state index contributed by atoms with van der Waals surface area (Å²) in [4.78, 5) is 4.28. The summed E-state index contributed by atoms with van der Waals surface area (Å²) in [5.41, 5.74) is 1.25. The van der Waals surface area contributed by atoms with Gasteiger partial charge in [-0.25, -0.2) is 0 Å². The first-order chi connectivity index (χ1) is 8.76. The summed E-state index contributed by atoms with van der Waals surface area (Å²) in [6.07, 6.45) is 7.65. The van der Waals surface area contributed by atoms with Gasteiger partial charge in [0.05, 0.1) is 13.3 Å². The lowest BCUT2D eigenvalue weighted by Gasteiger charge is -2.25. The van der Waals surface area contributed by atoms with Gasteiger partial charge in [-0.2, -0.15) is 0 Å². The lowest BCUT2D eigenvalue weighted by atomic mass is 9.91. The number of ether oxygens (including phenoxy) is 1. The van der Waals surface area contributed by atoms with Gasteiger partial charge >= 0.3 is 0 Å². The summed E-state index contributed by atoms with van der Waals surface area (Å²) < 4.78 is 5.28. The largest absolute Gasteiger partial charge is 0.495 e. The fraction of sp³-hybridized carbons (Fsp3) is 0.667. The van der Waals surface area contributed by atoms with Crippen LogP contribution < -0.4 is 10.1 Å². The van der Waals surface area contributed by atoms with Gasteiger partial charge in [0.25, 0.3) is 0 Å². The van der Waals surface area contributed by atoms with Crippen molar-refractivity contribution in [1.82, 2.24) is 10.3 Å². The van der Waals surface area contributed by atoms with Crippen molar-refractivity contribution in [2.24, 2.45) is 11.8 Å². The molecule has 0 aliphatic heterocycles. The van der Waals surface area contributed by atoms with Crippen LogP contribution in [0.4, 0.5) is 0 Å². The molecule has 3 heteroatoms. The van der Waals surface area contributed by atoms with Crippen molar-refractivity contribution in [3.63, 3.8) is 0 Å². The minimum absolute atomic E-state index is 0.403. The minimum Gasteiger partial charge on any atom is -0.495 e. The van der Waals surface area contributed by atoms with Crippen LogP contribution in [-0.2, 0) is 0 Å². The van der Waals surface area contributed by atoms with E-state index in [1.54, 1.807) is 13.3 Å². The molecule has 1 fully saturated rings. The van der Waals surface area contributed by atoms with Crippen molar-refractivity contribution < 1.29 is 4.74 Å². The van der Waals surface area contributed by atoms with E-state index >= 15 is 0 Å². The van der Waals surface area contributed by atoms with Gasteiger partial charge in [0.15, 0.2) is 0 Å². The number of nitrogens with zero attached hydrogens (tertiary/aromatic N) is 1. The molecule has 100 valence electrons. The van der Waals surface area contributed by atoms with Crippen LogP contribution in [0.15, 0.2) is 18.5 Å². The Morgan fingerprint density at radius 3 is 2.83 bits per heavy atom. The maximum atomic E-state index is 5.28. The lowest BCUT2D eigenvalue weighted by molar-refractivity contribution is 0.346. The molecule has 1 heterocycles. The average molecular weight is 248 g/mol. The molecule has 0 bridgehead atoms. The molecule has 1 aliphatic carbocycles. The summed E-state index contributed by atoms with van der Waals surface area (Å²) >= 11 is 0. The van der Waals surface area contributed by atoms with Crippen LogP contribution in [0.25, 0.3) is 0 Å². The number of aromatic nitrogens is 1. The number of pyridine rings is 1. The standard InChI is InChI=1S/C15H24N2O/c1-4-7-17-15(11(2)12-5-6-12)13-8-14(18-3)10-16-9-13/h8-12,15,17H,4-7H2,1-3H3. The van der Waals surface area contributed by atoms with Crippen molar-refractivity contribution in [3.05, 3.63) is 24.0 Å². The molecule has 18 heavy (non-hydrogen) atoms. The van der Waals surface area contributed by atoms with Gasteiger partial charge in [-0.1, -0.05) is 13.8 Å². The van der Waals surface area contributed by atoms with Crippen LogP contribution >= 0.6 is 0 Å². The highest BCUT2D eigenvalue weighted by Gasteiger charge is 2.33. The van der Waals surface area contributed by atoms with Crippen molar-refractivity contribution in [1.29, 1.82) is 0 Å². The molecule has 1 aromatic heterocycles. The van der Waals surface area contributed by atoms with Crippen LogP contribution in [-0.4, -0.2) is 18.6 Å². The number of hydrogen-bond donors (Lipinski definition) is 1. The Bertz CT molecular complexity index is 377. The molecule has 3 nitrogen and oxygen atoms in total. The Morgan fingerprint density at radius 1 is 1.44 bits per heavy atom. The van der Waals surface area contributed by atoms with Gasteiger partial charge in [-0.05, 0) is 49.3 Å². The van der Waals surface area contributed by atoms with Crippen molar-refractivity contribution in [2.45, 2.75) is 39.2 Å². The van der Waals surface area contributed by atoms with E-state index in [1.807, 2.05) is 6.20 Å². The predicted molar refractivity (Wildman–Crippen MR) is 73.7 cm³/mol. The zero-order valence-electron chi connectivity index (χ0n) is 11.6. The Kier molecular flexibility index (Phi) is 4.59. The van der Waals surface area contributed by atoms with Gasteiger partial charge in [-0.3, -0.25) is 4.98 Å². The minimum atomic E-state index is 0.403. The Labute approximate surface area is 110 Å². The fourth-order valence-corrected chi connectivity index (χ4v) is 2.52. The topological polar surface area (TPSA) is 34.2 Å². The first-order valence-electron chi connectivity index (χ1n) is 6.98. The SMILES string of the molecule is CCCNC(c1cncc(OC)c1)C(C)C1CC1. The highest BCUT2D eigenvalue weighted by Crippen LogP contribution is 2.42. The molecule has 2 unspecified atom stereocenters. The fourth-order valence-electron chi connectivity index (χ4n) is 2.52. The van der Waals surface area contributed by atoms with E-state index in [0.29, 0.717) is 12.0 Å². The molecule has 1 aromatic rings. The highest BCUT2D eigenvalue weighted by molar-refractivity contribution is 5.26. The van der Waals surface area contributed by atoms with E-state index in [9.17, 15) is 0 Å². The average Bonchev–Trinajstić information content (AvgIpc) is 3.23. The van der Waals surface area contributed by atoms with E-state index in [2.05, 4.69) is 30.2 Å². The monoisotopic (exact) mass is 248 g/mol. The Morgan fingerprint density at radius 2 is 2.22 bits per heavy atom. The highest BCUT2D eigenvalue weighted by atomic mass is 16.5. The first kappa shape index (κ1) is 13.3. The molecular weight excluding hydrogens is 224 g/mol. The van der Waals surface area contributed by atoms with Gasteiger partial charge in [0.2, 0.25) is 0 Å². The van der Waals surface area contributed by atoms with E-state index in [4.69, 9.17) is 4.74 Å². The van der Waals surface area contributed by atoms with Crippen LogP contribution in [0, 0.1) is 11.8 Å². The zero-order chi connectivity index (χ0) is 13.0. The molecule has 1 N–H and O–H groups in total. The Balaban J connectivity index is 2.14. The van der Waals surface area contributed by atoms with E-state index in [1.165, 1.54) is 18.4 Å². The van der Waals surface area contributed by atoms with Crippen LogP contribution in [0.2, 0.25) is 0 Å². The summed E-state index contributed by atoms with van der Waals surface area (Å²) in [5, 5.41) is 3.66. The smallest absolute Gasteiger partial charge is 0.137 e. The van der Waals surface area contributed by atoms with Crippen molar-refractivity contribution >= 4 is 0 Å². The normalized spacial score (nSPS) is 18.4. The number of rotatable bonds is 7. The second kappa shape index (κ2) is 6.19. The maximum absolute atomic E-state index is 5.28. The first-order valence-corrected chi connectivity index (χ1v) is 6.98. The van der Waals surface area contributed by atoms with Gasteiger partial charge in [0.1, 0.15) is 5.75 Å². The zero-order valence-corrected chi connectivity index (χ0v) is 11.6. The maximum Gasteiger partial charge on any atom is 0.137 e. The third-order valence-electron chi connectivity index (χ3n) is 3.83. The second-order valence-electron chi connectivity index (χ2n) is 5.29. The number of methoxy groups -OCH3 is 1. The summed E-state index contributed by atoms with van der Waals surface area (Å²) in [5.74, 6) is 2.40. The summed E-state index contributed by atoms with van der Waals surface area (Å²) in [6, 6.07) is 2.51. The number of nitrogens with one attached hydrogen (secondary N) is 1. The molecule has 0 amide bonds. The lowest BCUT2D eigenvalue weighted by Crippen LogP contribution is -2.28. The quantitative estimate of drug-likeness (QED) is 0.804. The molecule has 1 aliphatic rings. The third kappa shape index (κ3) is 3.22. The second-order valence-corrected chi connectivity index (χ2v) is 5.29. The molecule has 0 radical (unpaired) electrons. The third-order valence-corrected chi connectivity index (χ3v) is 3.83. The van der Waals surface area contributed by atoms with Gasteiger partial charge < -0.3 is 10.1 Å². The molecule has 2 atom stereocenters. The van der Waals surface area contributed by atoms with Gasteiger partial charge in [-0.15, -0.1) is 0 Å². The van der Waals surface area contributed by atoms with Gasteiger partial charge in [0, 0.05) is 12.2 Å². The predicted octanol–water partition coefficient (Wildman–Crippen LogP) is 3.18. The van der Waals surface area contributed by atoms with Crippen LogP contribution in [0.1, 0.15) is 44.7 Å². The van der Waals surface area contributed by atoms with Crippen LogP contribution in [0.3, 0.4) is 0 Å². The molecule has 0 saturated heterocycles. The molecule has 2 rings (SSSR count). The van der Waals surface area contributed by atoms with Crippen molar-refractivity contribution in [3.8, 4) is 5.75 Å². The number of hydrogen-bond acceptors (Lipinski definition) is 3. The Hall–Kier alpha value is -1.09. The summed E-state index contributed by atoms with van der Waals surface area (Å²) in [6.45, 7) is 5.61. The molecule has 1 saturated carbocycles. The molecule has 0 aromatic carbocycles. The van der Waals surface area contributed by atoms with Crippen LogP contribution in [0.5, 0.6) is 5.75 Å².